The number of nitrogens with one attached hydrogen (secondary N) is 1. The molecule has 0 aliphatic carbocycles. The summed E-state index contributed by atoms with van der Waals surface area (Å²) in [5.41, 5.74) is 1.36. The van der Waals surface area contributed by atoms with E-state index in [0.29, 0.717) is 30.6 Å². The summed E-state index contributed by atoms with van der Waals surface area (Å²) in [4.78, 5) is 30.0. The number of hydrogen-bond acceptors (Lipinski definition) is 5. The lowest BCUT2D eigenvalue weighted by Crippen LogP contribution is -2.26. The lowest BCUT2D eigenvalue weighted by molar-refractivity contribution is 0.112. The highest BCUT2D eigenvalue weighted by Crippen LogP contribution is 2.00. The summed E-state index contributed by atoms with van der Waals surface area (Å²) in [7, 11) is 0. The van der Waals surface area contributed by atoms with Gasteiger partial charge >= 0.3 is 6.09 Å². The first kappa shape index (κ1) is 14.6. The van der Waals surface area contributed by atoms with Crippen LogP contribution < -0.4 is 5.32 Å². The Kier molecular flexibility index (Phi) is 5.40. The van der Waals surface area contributed by atoms with E-state index in [0.717, 1.165) is 5.56 Å². The first-order valence-electron chi connectivity index (χ1n) is 6.48. The second kappa shape index (κ2) is 7.74. The van der Waals surface area contributed by atoms with Crippen LogP contribution in [0, 0.1) is 0 Å². The van der Waals surface area contributed by atoms with Gasteiger partial charge in [0.15, 0.2) is 6.29 Å². The van der Waals surface area contributed by atoms with Crippen LogP contribution in [0.4, 0.5) is 4.79 Å². The predicted molar refractivity (Wildman–Crippen MR) is 75.8 cm³/mol. The Labute approximate surface area is 122 Å². The molecule has 2 aromatic rings. The molecule has 1 aromatic heterocycles. The fraction of sp³-hybridized carbons (Fsp3) is 0.200. The van der Waals surface area contributed by atoms with Crippen LogP contribution in [0.25, 0.3) is 0 Å². The number of carbonyl (C=O) groups excluding carboxylic acids is 2. The Bertz CT molecular complexity index is 585. The number of hydrogen-bond donors (Lipinski definition) is 1. The van der Waals surface area contributed by atoms with Gasteiger partial charge in [-0.1, -0.05) is 30.3 Å². The van der Waals surface area contributed by atoms with Crippen molar-refractivity contribution in [3.05, 3.63) is 59.7 Å². The van der Waals surface area contributed by atoms with Crippen LogP contribution in [0.5, 0.6) is 0 Å². The third kappa shape index (κ3) is 5.02. The Hall–Kier alpha value is -2.76. The van der Waals surface area contributed by atoms with Gasteiger partial charge < -0.3 is 10.1 Å². The van der Waals surface area contributed by atoms with E-state index < -0.39 is 6.09 Å². The van der Waals surface area contributed by atoms with Crippen molar-refractivity contribution in [2.24, 2.45) is 0 Å². The van der Waals surface area contributed by atoms with Crippen molar-refractivity contribution in [3.8, 4) is 0 Å². The van der Waals surface area contributed by atoms with Gasteiger partial charge in [-0.3, -0.25) is 4.79 Å². The lowest BCUT2D eigenvalue weighted by Gasteiger charge is -2.06. The number of nitrogens with zero attached hydrogens (tertiary/aromatic N) is 2. The summed E-state index contributed by atoms with van der Waals surface area (Å²) < 4.78 is 5.07. The first-order chi connectivity index (χ1) is 10.3. The van der Waals surface area contributed by atoms with Gasteiger partial charge in [0.05, 0.1) is 5.56 Å². The number of aromatic nitrogens is 2. The van der Waals surface area contributed by atoms with Crippen LogP contribution in [-0.2, 0) is 17.8 Å². The fourth-order valence-corrected chi connectivity index (χ4v) is 1.61. The standard InChI is InChI=1S/C15H15N3O3/c19-10-13-8-17-14(18-9-13)6-7-16-15(20)21-11-12-4-2-1-3-5-12/h1-5,8-10H,6-7,11H2,(H,16,20). The average Bonchev–Trinajstić information content (AvgIpc) is 2.54. The van der Waals surface area contributed by atoms with Crippen LogP contribution in [-0.4, -0.2) is 28.9 Å². The first-order valence-corrected chi connectivity index (χ1v) is 6.48. The molecule has 1 heterocycles. The minimum absolute atomic E-state index is 0.233. The van der Waals surface area contributed by atoms with Crippen molar-refractivity contribution < 1.29 is 14.3 Å². The monoisotopic (exact) mass is 285 g/mol. The number of ether oxygens (including phenoxy) is 1. The molecular formula is C15H15N3O3. The molecule has 0 bridgehead atoms. The van der Waals surface area contributed by atoms with Crippen LogP contribution in [0.15, 0.2) is 42.7 Å². The summed E-state index contributed by atoms with van der Waals surface area (Å²) in [5.74, 6) is 0.559. The van der Waals surface area contributed by atoms with Crippen LogP contribution in [0.2, 0.25) is 0 Å². The van der Waals surface area contributed by atoms with E-state index in [1.807, 2.05) is 30.3 Å². The maximum absolute atomic E-state index is 11.5. The van der Waals surface area contributed by atoms with Gasteiger partial charge in [-0.2, -0.15) is 0 Å². The zero-order valence-corrected chi connectivity index (χ0v) is 11.4. The Balaban J connectivity index is 1.68. The molecule has 6 heteroatoms. The molecule has 108 valence electrons. The van der Waals surface area contributed by atoms with E-state index in [9.17, 15) is 9.59 Å². The van der Waals surface area contributed by atoms with Gasteiger partial charge in [-0.15, -0.1) is 0 Å². The SMILES string of the molecule is O=Cc1cnc(CCNC(=O)OCc2ccccc2)nc1. The Morgan fingerprint density at radius 3 is 2.57 bits per heavy atom. The number of rotatable bonds is 6. The molecule has 1 amide bonds. The maximum atomic E-state index is 11.5. The van der Waals surface area contributed by atoms with E-state index >= 15 is 0 Å². The quantitative estimate of drug-likeness (QED) is 0.818. The Morgan fingerprint density at radius 1 is 1.19 bits per heavy atom. The number of aldehydes is 1. The van der Waals surface area contributed by atoms with Crippen LogP contribution >= 0.6 is 0 Å². The van der Waals surface area contributed by atoms with Gasteiger partial charge in [0.1, 0.15) is 12.4 Å². The lowest BCUT2D eigenvalue weighted by atomic mass is 10.2. The summed E-state index contributed by atoms with van der Waals surface area (Å²) in [6.45, 7) is 0.602. The van der Waals surface area contributed by atoms with Crippen molar-refractivity contribution in [2.45, 2.75) is 13.0 Å². The molecule has 0 radical (unpaired) electrons. The summed E-state index contributed by atoms with van der Waals surface area (Å²) >= 11 is 0. The van der Waals surface area contributed by atoms with Crippen molar-refractivity contribution in [2.75, 3.05) is 6.54 Å². The van der Waals surface area contributed by atoms with Gasteiger partial charge in [-0.05, 0) is 5.56 Å². The zero-order chi connectivity index (χ0) is 14.9. The van der Waals surface area contributed by atoms with E-state index in [1.165, 1.54) is 12.4 Å². The summed E-state index contributed by atoms with van der Waals surface area (Å²) in [5, 5.41) is 2.62. The number of carbonyl (C=O) groups is 2. The largest absolute Gasteiger partial charge is 0.445 e. The fourth-order valence-electron chi connectivity index (χ4n) is 1.61. The third-order valence-electron chi connectivity index (χ3n) is 2.69. The molecule has 0 atom stereocenters. The second-order valence-electron chi connectivity index (χ2n) is 4.29. The topological polar surface area (TPSA) is 81.2 Å². The molecule has 2 rings (SSSR count). The van der Waals surface area contributed by atoms with E-state index in [-0.39, 0.29) is 6.61 Å². The Morgan fingerprint density at radius 2 is 1.90 bits per heavy atom. The molecule has 0 aliphatic rings. The zero-order valence-electron chi connectivity index (χ0n) is 11.4. The molecule has 21 heavy (non-hydrogen) atoms. The van der Waals surface area contributed by atoms with Crippen LogP contribution in [0.3, 0.4) is 0 Å². The number of alkyl carbamates (subject to hydrolysis) is 1. The highest BCUT2D eigenvalue weighted by atomic mass is 16.5. The molecule has 0 saturated heterocycles. The molecule has 6 nitrogen and oxygen atoms in total. The minimum atomic E-state index is -0.483. The van der Waals surface area contributed by atoms with Gasteiger partial charge in [0.2, 0.25) is 0 Å². The highest BCUT2D eigenvalue weighted by molar-refractivity contribution is 5.73. The van der Waals surface area contributed by atoms with Gasteiger partial charge in [0.25, 0.3) is 0 Å². The summed E-state index contributed by atoms with van der Waals surface area (Å²) in [6, 6.07) is 9.44. The summed E-state index contributed by atoms with van der Waals surface area (Å²) in [6.07, 6.45) is 3.57. The average molecular weight is 285 g/mol. The number of amides is 1. The molecule has 0 aliphatic heterocycles. The highest BCUT2D eigenvalue weighted by Gasteiger charge is 2.03. The molecule has 1 N–H and O–H groups in total. The third-order valence-corrected chi connectivity index (χ3v) is 2.69. The normalized spacial score (nSPS) is 9.90. The number of benzene rings is 1. The predicted octanol–water partition coefficient (Wildman–Crippen LogP) is 1.76. The van der Waals surface area contributed by atoms with Crippen LogP contribution in [0.1, 0.15) is 21.7 Å². The molecule has 0 spiro atoms. The van der Waals surface area contributed by atoms with Gasteiger partial charge in [0, 0.05) is 25.4 Å². The van der Waals surface area contributed by atoms with Crippen molar-refractivity contribution in [1.82, 2.24) is 15.3 Å². The smallest absolute Gasteiger partial charge is 0.407 e. The molecule has 0 fully saturated rings. The minimum Gasteiger partial charge on any atom is -0.445 e. The molecule has 0 unspecified atom stereocenters. The molecule has 1 aromatic carbocycles. The molecule has 0 saturated carbocycles. The van der Waals surface area contributed by atoms with E-state index in [2.05, 4.69) is 15.3 Å². The van der Waals surface area contributed by atoms with Crippen molar-refractivity contribution >= 4 is 12.4 Å². The maximum Gasteiger partial charge on any atom is 0.407 e. The van der Waals surface area contributed by atoms with E-state index in [4.69, 9.17) is 4.74 Å². The van der Waals surface area contributed by atoms with E-state index in [1.54, 1.807) is 0 Å². The van der Waals surface area contributed by atoms with Crippen molar-refractivity contribution in [1.29, 1.82) is 0 Å². The molecular weight excluding hydrogens is 270 g/mol. The van der Waals surface area contributed by atoms with Gasteiger partial charge in [-0.25, -0.2) is 14.8 Å². The second-order valence-corrected chi connectivity index (χ2v) is 4.29. The van der Waals surface area contributed by atoms with Crippen molar-refractivity contribution in [3.63, 3.8) is 0 Å².